The molecular weight excluding hydrogens is 390 g/mol. The van der Waals surface area contributed by atoms with Gasteiger partial charge in [-0.25, -0.2) is 9.78 Å². The average Bonchev–Trinajstić information content (AvgIpc) is 3.25. The first-order valence-electron chi connectivity index (χ1n) is 9.19. The lowest BCUT2D eigenvalue weighted by Gasteiger charge is -2.23. The van der Waals surface area contributed by atoms with Gasteiger partial charge in [0.1, 0.15) is 10.7 Å². The second-order valence-corrected chi connectivity index (χ2v) is 8.02. The Labute approximate surface area is 172 Å². The number of rotatable bonds is 6. The van der Waals surface area contributed by atoms with E-state index in [1.165, 1.54) is 23.2 Å². The van der Waals surface area contributed by atoms with E-state index >= 15 is 0 Å². The highest BCUT2D eigenvalue weighted by Gasteiger charge is 2.24. The van der Waals surface area contributed by atoms with Crippen LogP contribution in [0.2, 0.25) is 0 Å². The fraction of sp³-hybridized carbons (Fsp3) is 0.333. The number of ketones is 1. The first kappa shape index (κ1) is 20.7. The van der Waals surface area contributed by atoms with Gasteiger partial charge in [-0.1, -0.05) is 12.1 Å². The number of likely N-dealkylation sites (N-methyl/N-ethyl adjacent to an activating group) is 1. The summed E-state index contributed by atoms with van der Waals surface area (Å²) in [5, 5.41) is 0.815. The highest BCUT2D eigenvalue weighted by atomic mass is 32.1. The lowest BCUT2D eigenvalue weighted by molar-refractivity contribution is -0.135. The van der Waals surface area contributed by atoms with E-state index in [1.807, 2.05) is 31.2 Å². The number of nitrogens with one attached hydrogen (secondary N) is 1. The van der Waals surface area contributed by atoms with Crippen LogP contribution in [0.15, 0.2) is 24.3 Å². The van der Waals surface area contributed by atoms with Gasteiger partial charge in [-0.2, -0.15) is 0 Å². The van der Waals surface area contributed by atoms with Gasteiger partial charge in [0, 0.05) is 18.3 Å². The number of aryl methyl sites for hydroxylation is 1. The number of carbonyl (C=O) groups is 3. The average molecular weight is 413 g/mol. The van der Waals surface area contributed by atoms with E-state index in [0.29, 0.717) is 16.8 Å². The molecule has 0 saturated heterocycles. The fourth-order valence-electron chi connectivity index (χ4n) is 3.23. The molecule has 0 spiro atoms. The van der Waals surface area contributed by atoms with Gasteiger partial charge in [0.05, 0.1) is 16.3 Å². The van der Waals surface area contributed by atoms with E-state index in [1.54, 1.807) is 20.9 Å². The van der Waals surface area contributed by atoms with Gasteiger partial charge in [-0.05, 0) is 45.4 Å². The molecule has 0 unspecified atom stereocenters. The molecule has 0 radical (unpaired) electrons. The van der Waals surface area contributed by atoms with Crippen LogP contribution in [0.5, 0.6) is 0 Å². The van der Waals surface area contributed by atoms with Crippen LogP contribution in [-0.2, 0) is 9.53 Å². The third-order valence-electron chi connectivity index (χ3n) is 4.96. The highest BCUT2D eigenvalue weighted by Crippen LogP contribution is 2.28. The van der Waals surface area contributed by atoms with E-state index in [-0.39, 0.29) is 23.4 Å². The number of thiazole rings is 1. The number of H-pyrrole nitrogens is 1. The number of fused-ring (bicyclic) bond motifs is 1. The lowest BCUT2D eigenvalue weighted by atomic mass is 10.1. The van der Waals surface area contributed by atoms with Crippen molar-refractivity contribution in [3.63, 3.8) is 0 Å². The Morgan fingerprint density at radius 2 is 1.93 bits per heavy atom. The minimum atomic E-state index is -0.660. The molecule has 1 aromatic carbocycles. The van der Waals surface area contributed by atoms with Gasteiger partial charge in [0.2, 0.25) is 0 Å². The Morgan fingerprint density at radius 3 is 2.55 bits per heavy atom. The molecule has 3 rings (SSSR count). The largest absolute Gasteiger partial charge is 0.451 e. The van der Waals surface area contributed by atoms with Crippen LogP contribution in [0.3, 0.4) is 0 Å². The second-order valence-electron chi connectivity index (χ2n) is 6.96. The summed E-state index contributed by atoms with van der Waals surface area (Å²) in [6, 6.07) is 7.54. The summed E-state index contributed by atoms with van der Waals surface area (Å²) >= 11 is 1.53. The van der Waals surface area contributed by atoms with Crippen molar-refractivity contribution in [3.8, 4) is 0 Å². The summed E-state index contributed by atoms with van der Waals surface area (Å²) in [5.74, 6) is -1.12. The Hall–Kier alpha value is -3.00. The van der Waals surface area contributed by atoms with Gasteiger partial charge in [0.25, 0.3) is 5.91 Å². The Kier molecular flexibility index (Phi) is 5.83. The summed E-state index contributed by atoms with van der Waals surface area (Å²) in [6.07, 6.45) is 0. The van der Waals surface area contributed by atoms with Crippen molar-refractivity contribution in [1.82, 2.24) is 14.9 Å². The molecule has 152 valence electrons. The van der Waals surface area contributed by atoms with Crippen LogP contribution < -0.4 is 0 Å². The molecule has 1 atom stereocenters. The number of ether oxygens (including phenoxy) is 1. The molecule has 7 nitrogen and oxygen atoms in total. The van der Waals surface area contributed by atoms with Crippen molar-refractivity contribution in [3.05, 3.63) is 51.8 Å². The van der Waals surface area contributed by atoms with Crippen molar-refractivity contribution in [2.45, 2.75) is 33.7 Å². The number of nitrogens with zero attached hydrogens (tertiary/aromatic N) is 2. The van der Waals surface area contributed by atoms with Gasteiger partial charge >= 0.3 is 5.97 Å². The second kappa shape index (κ2) is 8.16. The molecule has 0 aliphatic carbocycles. The van der Waals surface area contributed by atoms with E-state index in [9.17, 15) is 14.4 Å². The summed E-state index contributed by atoms with van der Waals surface area (Å²) in [5.41, 5.74) is 2.70. The maximum Gasteiger partial charge on any atom is 0.355 e. The normalized spacial score (nSPS) is 12.0. The zero-order chi connectivity index (χ0) is 21.3. The number of para-hydroxylation sites is 1. The highest BCUT2D eigenvalue weighted by molar-refractivity contribution is 7.18. The fourth-order valence-corrected chi connectivity index (χ4v) is 4.30. The standard InChI is InChI=1S/C21H23N3O4S/c1-11-18(14(4)25)12(2)22-19(11)21(27)28-10-17(26)24(5)13(3)20-23-15-8-6-7-9-16(15)29-20/h6-9,13,22H,10H2,1-5H3/t13-/m1/s1. The van der Waals surface area contributed by atoms with E-state index in [2.05, 4.69) is 9.97 Å². The molecule has 0 bridgehead atoms. The molecule has 0 aliphatic heterocycles. The summed E-state index contributed by atoms with van der Waals surface area (Å²) in [6.45, 7) is 6.34. The minimum Gasteiger partial charge on any atom is -0.451 e. The van der Waals surface area contributed by atoms with Crippen molar-refractivity contribution in [2.75, 3.05) is 13.7 Å². The van der Waals surface area contributed by atoms with Crippen molar-refractivity contribution >= 4 is 39.2 Å². The number of aromatic amines is 1. The molecule has 29 heavy (non-hydrogen) atoms. The molecule has 1 N–H and O–H groups in total. The summed E-state index contributed by atoms with van der Waals surface area (Å²) in [7, 11) is 1.66. The van der Waals surface area contributed by atoms with E-state index < -0.39 is 12.6 Å². The number of hydrogen-bond donors (Lipinski definition) is 1. The molecule has 2 heterocycles. The van der Waals surface area contributed by atoms with Gasteiger partial charge < -0.3 is 14.6 Å². The maximum atomic E-state index is 12.5. The van der Waals surface area contributed by atoms with Gasteiger partial charge in [-0.15, -0.1) is 11.3 Å². The molecule has 0 saturated carbocycles. The van der Waals surface area contributed by atoms with E-state index in [4.69, 9.17) is 4.74 Å². The Balaban J connectivity index is 1.66. The van der Waals surface area contributed by atoms with Crippen LogP contribution in [0.25, 0.3) is 10.2 Å². The van der Waals surface area contributed by atoms with Crippen molar-refractivity contribution in [1.29, 1.82) is 0 Å². The van der Waals surface area contributed by atoms with Crippen molar-refractivity contribution in [2.24, 2.45) is 0 Å². The lowest BCUT2D eigenvalue weighted by Crippen LogP contribution is -2.33. The Bertz CT molecular complexity index is 1070. The topological polar surface area (TPSA) is 92.4 Å². The zero-order valence-electron chi connectivity index (χ0n) is 17.0. The van der Waals surface area contributed by atoms with Gasteiger partial charge in [0.15, 0.2) is 12.4 Å². The first-order chi connectivity index (χ1) is 13.7. The number of esters is 1. The Morgan fingerprint density at radius 1 is 1.24 bits per heavy atom. The van der Waals surface area contributed by atoms with Crippen LogP contribution in [-0.4, -0.2) is 46.2 Å². The predicted octanol–water partition coefficient (Wildman–Crippen LogP) is 3.82. The summed E-state index contributed by atoms with van der Waals surface area (Å²) in [4.78, 5) is 45.6. The van der Waals surface area contributed by atoms with Crippen LogP contribution in [0.1, 0.15) is 57.0 Å². The molecule has 0 aliphatic rings. The molecular formula is C21H23N3O4S. The molecule has 1 amide bonds. The quantitative estimate of drug-likeness (QED) is 0.490. The van der Waals surface area contributed by atoms with Crippen molar-refractivity contribution < 1.29 is 19.1 Å². The number of carbonyl (C=O) groups excluding carboxylic acids is 3. The number of benzene rings is 1. The first-order valence-corrected chi connectivity index (χ1v) is 10.0. The van der Waals surface area contributed by atoms with E-state index in [0.717, 1.165) is 15.2 Å². The maximum absolute atomic E-state index is 12.5. The van der Waals surface area contributed by atoms with Crippen LogP contribution >= 0.6 is 11.3 Å². The SMILES string of the molecule is CC(=O)c1c(C)[nH]c(C(=O)OCC(=O)N(C)[C@H](C)c2nc3ccccc3s2)c1C. The molecule has 2 aromatic heterocycles. The molecule has 8 heteroatoms. The number of amides is 1. The number of hydrogen-bond acceptors (Lipinski definition) is 6. The van der Waals surface area contributed by atoms with Crippen LogP contribution in [0.4, 0.5) is 0 Å². The van der Waals surface area contributed by atoms with Gasteiger partial charge in [-0.3, -0.25) is 9.59 Å². The van der Waals surface area contributed by atoms with Crippen LogP contribution in [0, 0.1) is 13.8 Å². The number of Topliss-reactive ketones (excluding diaryl/α,β-unsaturated/α-hetero) is 1. The third-order valence-corrected chi connectivity index (χ3v) is 6.17. The number of aromatic nitrogens is 2. The third kappa shape index (κ3) is 4.07. The molecule has 3 aromatic rings. The zero-order valence-corrected chi connectivity index (χ0v) is 17.8. The molecule has 0 fully saturated rings. The predicted molar refractivity (Wildman–Crippen MR) is 111 cm³/mol. The summed E-state index contributed by atoms with van der Waals surface area (Å²) < 4.78 is 6.25. The minimum absolute atomic E-state index is 0.129. The smallest absolute Gasteiger partial charge is 0.355 e. The monoisotopic (exact) mass is 413 g/mol.